The Morgan fingerprint density at radius 2 is 2.15 bits per heavy atom. The van der Waals surface area contributed by atoms with Crippen molar-refractivity contribution in [1.82, 2.24) is 15.5 Å². The molecule has 2 aromatic rings. The van der Waals surface area contributed by atoms with Gasteiger partial charge in [-0.05, 0) is 34.1 Å². The number of hydrogen-bond acceptors (Lipinski definition) is 6. The highest BCUT2D eigenvalue weighted by atomic mass is 79.9. The molecule has 0 unspecified atom stereocenters. The molecule has 1 aromatic heterocycles. The van der Waals surface area contributed by atoms with Crippen molar-refractivity contribution in [2.45, 2.75) is 6.54 Å². The Labute approximate surface area is 133 Å². The summed E-state index contributed by atoms with van der Waals surface area (Å²) in [6.45, 7) is 1.89. The van der Waals surface area contributed by atoms with E-state index in [9.17, 15) is 0 Å². The monoisotopic (exact) mass is 404 g/mol. The van der Waals surface area contributed by atoms with Crippen LogP contribution in [0.15, 0.2) is 31.6 Å². The molecule has 0 saturated carbocycles. The van der Waals surface area contributed by atoms with Gasteiger partial charge >= 0.3 is 6.01 Å². The van der Waals surface area contributed by atoms with Crippen LogP contribution in [-0.2, 0) is 11.3 Å². The molecule has 0 aliphatic heterocycles. The fourth-order valence-electron chi connectivity index (χ4n) is 1.45. The number of nitrogens with one attached hydrogen (secondary N) is 2. The van der Waals surface area contributed by atoms with Gasteiger partial charge in [-0.15, -0.1) is 5.10 Å². The lowest BCUT2D eigenvalue weighted by Gasteiger charge is -2.04. The molecule has 0 saturated heterocycles. The van der Waals surface area contributed by atoms with Crippen LogP contribution in [0.25, 0.3) is 0 Å². The van der Waals surface area contributed by atoms with Crippen LogP contribution >= 0.6 is 31.9 Å². The van der Waals surface area contributed by atoms with E-state index in [-0.39, 0.29) is 0 Å². The van der Waals surface area contributed by atoms with E-state index in [2.05, 4.69) is 52.7 Å². The molecule has 0 aliphatic rings. The molecule has 0 radical (unpaired) electrons. The minimum absolute atomic E-state index is 0.354. The zero-order valence-electron chi connectivity index (χ0n) is 10.8. The number of benzene rings is 1. The molecule has 0 fully saturated rings. The maximum Gasteiger partial charge on any atom is 0.320 e. The van der Waals surface area contributed by atoms with E-state index in [1.807, 2.05) is 18.2 Å². The van der Waals surface area contributed by atoms with Crippen molar-refractivity contribution in [3.8, 4) is 0 Å². The molecule has 1 heterocycles. The zero-order chi connectivity index (χ0) is 14.4. The molecule has 1 aromatic carbocycles. The van der Waals surface area contributed by atoms with Crippen LogP contribution in [0.3, 0.4) is 0 Å². The maximum absolute atomic E-state index is 5.49. The molecule has 6 nitrogen and oxygen atoms in total. The first kappa shape index (κ1) is 15.4. The van der Waals surface area contributed by atoms with Gasteiger partial charge in [-0.3, -0.25) is 0 Å². The number of methoxy groups -OCH3 is 1. The minimum Gasteiger partial charge on any atom is -0.406 e. The molecule has 2 rings (SSSR count). The smallest absolute Gasteiger partial charge is 0.320 e. The number of nitrogens with zero attached hydrogens (tertiary/aromatic N) is 2. The summed E-state index contributed by atoms with van der Waals surface area (Å²) in [7, 11) is 1.66. The maximum atomic E-state index is 5.49. The van der Waals surface area contributed by atoms with Crippen LogP contribution in [0, 0.1) is 0 Å². The normalized spacial score (nSPS) is 10.8. The number of anilines is 2. The third-order valence-corrected chi connectivity index (χ3v) is 3.58. The van der Waals surface area contributed by atoms with E-state index in [0.29, 0.717) is 25.1 Å². The summed E-state index contributed by atoms with van der Waals surface area (Å²) in [5.41, 5.74) is 0.849. The number of halogens is 2. The average Bonchev–Trinajstić information content (AvgIpc) is 2.87. The predicted octanol–water partition coefficient (Wildman–Crippen LogP) is 3.07. The van der Waals surface area contributed by atoms with Gasteiger partial charge in [-0.1, -0.05) is 21.0 Å². The van der Waals surface area contributed by atoms with Crippen LogP contribution in [0.5, 0.6) is 0 Å². The summed E-state index contributed by atoms with van der Waals surface area (Å²) in [5.74, 6) is 0.523. The van der Waals surface area contributed by atoms with Crippen LogP contribution in [0.2, 0.25) is 0 Å². The fourth-order valence-corrected chi connectivity index (χ4v) is 2.16. The number of aromatic nitrogens is 2. The van der Waals surface area contributed by atoms with Crippen LogP contribution in [-0.4, -0.2) is 30.5 Å². The van der Waals surface area contributed by atoms with Crippen molar-refractivity contribution in [3.63, 3.8) is 0 Å². The average molecular weight is 406 g/mol. The number of ether oxygens (including phenoxy) is 1. The van der Waals surface area contributed by atoms with Crippen LogP contribution in [0.4, 0.5) is 11.7 Å². The zero-order valence-corrected chi connectivity index (χ0v) is 14.0. The summed E-state index contributed by atoms with van der Waals surface area (Å²) in [6, 6.07) is 6.14. The summed E-state index contributed by atoms with van der Waals surface area (Å²) < 4.78 is 12.3. The molecule has 20 heavy (non-hydrogen) atoms. The standard InChI is InChI=1S/C12H14Br2N4O2/c1-19-5-4-15-7-11-17-18-12(20-11)16-10-6-8(13)2-3-9(10)14/h2-3,6,15H,4-5,7H2,1H3,(H,16,18). The Bertz CT molecular complexity index is 562. The van der Waals surface area contributed by atoms with Crippen molar-refractivity contribution >= 4 is 43.6 Å². The highest BCUT2D eigenvalue weighted by Gasteiger charge is 2.08. The first-order valence-electron chi connectivity index (χ1n) is 5.93. The second-order valence-corrected chi connectivity index (χ2v) is 5.69. The van der Waals surface area contributed by atoms with Gasteiger partial charge < -0.3 is 19.8 Å². The van der Waals surface area contributed by atoms with Crippen LogP contribution < -0.4 is 10.6 Å². The first-order valence-corrected chi connectivity index (χ1v) is 7.52. The van der Waals surface area contributed by atoms with Gasteiger partial charge in [0.05, 0.1) is 18.8 Å². The van der Waals surface area contributed by atoms with Gasteiger partial charge in [0, 0.05) is 22.6 Å². The van der Waals surface area contributed by atoms with Gasteiger partial charge in [0.25, 0.3) is 0 Å². The van der Waals surface area contributed by atoms with Crippen molar-refractivity contribution in [1.29, 1.82) is 0 Å². The quantitative estimate of drug-likeness (QED) is 0.689. The molecule has 0 amide bonds. The Hall–Kier alpha value is -0.960. The van der Waals surface area contributed by atoms with E-state index in [0.717, 1.165) is 21.2 Å². The highest BCUT2D eigenvalue weighted by molar-refractivity contribution is 9.11. The SMILES string of the molecule is COCCNCc1nnc(Nc2cc(Br)ccc2Br)o1. The molecule has 0 aliphatic carbocycles. The highest BCUT2D eigenvalue weighted by Crippen LogP contribution is 2.28. The second kappa shape index (κ2) is 7.72. The number of hydrogen-bond donors (Lipinski definition) is 2. The summed E-state index contributed by atoms with van der Waals surface area (Å²) >= 11 is 6.87. The Morgan fingerprint density at radius 3 is 2.95 bits per heavy atom. The van der Waals surface area contributed by atoms with Crippen molar-refractivity contribution in [2.75, 3.05) is 25.6 Å². The predicted molar refractivity (Wildman–Crippen MR) is 83.0 cm³/mol. The van der Waals surface area contributed by atoms with Crippen molar-refractivity contribution in [2.24, 2.45) is 0 Å². The summed E-state index contributed by atoms with van der Waals surface area (Å²) in [4.78, 5) is 0. The van der Waals surface area contributed by atoms with Gasteiger partial charge in [0.1, 0.15) is 0 Å². The third kappa shape index (κ3) is 4.55. The first-order chi connectivity index (χ1) is 9.69. The number of rotatable bonds is 7. The van der Waals surface area contributed by atoms with E-state index >= 15 is 0 Å². The fraction of sp³-hybridized carbons (Fsp3) is 0.333. The van der Waals surface area contributed by atoms with Gasteiger partial charge in [0.2, 0.25) is 5.89 Å². The lowest BCUT2D eigenvalue weighted by Crippen LogP contribution is -2.18. The summed E-state index contributed by atoms with van der Waals surface area (Å²) in [6.07, 6.45) is 0. The van der Waals surface area contributed by atoms with Gasteiger partial charge in [0.15, 0.2) is 0 Å². The molecule has 0 bridgehead atoms. The molecule has 108 valence electrons. The van der Waals surface area contributed by atoms with Gasteiger partial charge in [-0.2, -0.15) is 0 Å². The molecule has 0 spiro atoms. The molecule has 0 atom stereocenters. The Kier molecular flexibility index (Phi) is 5.96. The van der Waals surface area contributed by atoms with Crippen molar-refractivity contribution in [3.05, 3.63) is 33.0 Å². The van der Waals surface area contributed by atoms with E-state index in [1.54, 1.807) is 7.11 Å². The second-order valence-electron chi connectivity index (χ2n) is 3.92. The van der Waals surface area contributed by atoms with E-state index in [4.69, 9.17) is 9.15 Å². The minimum atomic E-state index is 0.354. The van der Waals surface area contributed by atoms with E-state index in [1.165, 1.54) is 0 Å². The largest absolute Gasteiger partial charge is 0.406 e. The molecule has 8 heteroatoms. The Morgan fingerprint density at radius 1 is 1.30 bits per heavy atom. The lowest BCUT2D eigenvalue weighted by molar-refractivity contribution is 0.198. The van der Waals surface area contributed by atoms with E-state index < -0.39 is 0 Å². The topological polar surface area (TPSA) is 72.2 Å². The molecular weight excluding hydrogens is 392 g/mol. The van der Waals surface area contributed by atoms with Gasteiger partial charge in [-0.25, -0.2) is 0 Å². The summed E-state index contributed by atoms with van der Waals surface area (Å²) in [5, 5.41) is 14.1. The van der Waals surface area contributed by atoms with Crippen molar-refractivity contribution < 1.29 is 9.15 Å². The molecular formula is C12H14Br2N4O2. The third-order valence-electron chi connectivity index (χ3n) is 2.40. The Balaban J connectivity index is 1.93. The molecule has 2 N–H and O–H groups in total. The lowest BCUT2D eigenvalue weighted by atomic mass is 10.3. The van der Waals surface area contributed by atoms with Crippen LogP contribution in [0.1, 0.15) is 5.89 Å².